The number of nitrogens with two attached hydrogens (primary N) is 1. The first kappa shape index (κ1) is 10.0. The molecule has 0 spiro atoms. The van der Waals surface area contributed by atoms with Crippen molar-refractivity contribution in [1.82, 2.24) is 4.57 Å². The molecule has 1 heterocycles. The number of nitrogens with zero attached hydrogens (tertiary/aromatic N) is 1. The van der Waals surface area contributed by atoms with E-state index in [1.807, 2.05) is 29.8 Å². The van der Waals surface area contributed by atoms with Gasteiger partial charge in [0.05, 0.1) is 16.2 Å². The number of benzene rings is 1. The van der Waals surface area contributed by atoms with Gasteiger partial charge in [0, 0.05) is 23.5 Å². The normalized spacial score (nSPS) is 11.1. The molecule has 0 amide bonds. The lowest BCUT2D eigenvalue weighted by atomic mass is 10.2. The Bertz CT molecular complexity index is 490. The van der Waals surface area contributed by atoms with Crippen LogP contribution < -0.4 is 5.73 Å². The quantitative estimate of drug-likeness (QED) is 0.850. The van der Waals surface area contributed by atoms with Gasteiger partial charge in [-0.25, -0.2) is 0 Å². The molecule has 0 atom stereocenters. The molecule has 1 aromatic carbocycles. The van der Waals surface area contributed by atoms with Crippen LogP contribution in [0.25, 0.3) is 10.9 Å². The molecule has 2 N–H and O–H groups in total. The number of halogens is 2. The van der Waals surface area contributed by atoms with Gasteiger partial charge in [-0.05, 0) is 22.0 Å². The molecular weight excluding hydrogens is 263 g/mol. The summed E-state index contributed by atoms with van der Waals surface area (Å²) in [7, 11) is 1.97. The first-order chi connectivity index (χ1) is 6.66. The van der Waals surface area contributed by atoms with Gasteiger partial charge in [-0.15, -0.1) is 0 Å². The van der Waals surface area contributed by atoms with Crippen molar-refractivity contribution in [3.8, 4) is 0 Å². The van der Waals surface area contributed by atoms with Gasteiger partial charge in [0.25, 0.3) is 0 Å². The lowest BCUT2D eigenvalue weighted by Crippen LogP contribution is -2.03. The third-order valence-corrected chi connectivity index (χ3v) is 3.47. The Labute approximate surface area is 95.8 Å². The molecule has 0 aliphatic rings. The zero-order valence-corrected chi connectivity index (χ0v) is 10.1. The molecule has 74 valence electrons. The van der Waals surface area contributed by atoms with E-state index in [1.165, 1.54) is 0 Å². The molecule has 1 aromatic heterocycles. The van der Waals surface area contributed by atoms with E-state index in [4.69, 9.17) is 17.3 Å². The summed E-state index contributed by atoms with van der Waals surface area (Å²) in [5.74, 6) is 0. The highest BCUT2D eigenvalue weighted by Gasteiger charge is 2.13. The average molecular weight is 274 g/mol. The van der Waals surface area contributed by atoms with Gasteiger partial charge in [-0.2, -0.15) is 0 Å². The second kappa shape index (κ2) is 3.57. The third kappa shape index (κ3) is 1.28. The molecule has 0 fully saturated rings. The Hall–Kier alpha value is -0.510. The molecule has 2 rings (SSSR count). The standard InChI is InChI=1S/C10H10BrClN2/c1-14-8(5-13)9(12)6-3-2-4-7(11)10(6)14/h2-4H,5,13H2,1H3. The van der Waals surface area contributed by atoms with Gasteiger partial charge >= 0.3 is 0 Å². The lowest BCUT2D eigenvalue weighted by molar-refractivity contribution is 0.848. The Morgan fingerprint density at radius 2 is 2.21 bits per heavy atom. The smallest absolute Gasteiger partial charge is 0.0707 e. The van der Waals surface area contributed by atoms with E-state index in [1.54, 1.807) is 0 Å². The van der Waals surface area contributed by atoms with Crippen LogP contribution in [0, 0.1) is 0 Å². The third-order valence-electron chi connectivity index (χ3n) is 2.41. The van der Waals surface area contributed by atoms with Gasteiger partial charge in [-0.3, -0.25) is 0 Å². The largest absolute Gasteiger partial charge is 0.344 e. The van der Waals surface area contributed by atoms with Crippen molar-refractivity contribution in [3.05, 3.63) is 33.4 Å². The summed E-state index contributed by atoms with van der Waals surface area (Å²) in [6, 6.07) is 5.97. The Morgan fingerprint density at radius 1 is 1.50 bits per heavy atom. The monoisotopic (exact) mass is 272 g/mol. The molecule has 14 heavy (non-hydrogen) atoms. The summed E-state index contributed by atoms with van der Waals surface area (Å²) in [6.07, 6.45) is 0. The summed E-state index contributed by atoms with van der Waals surface area (Å²) in [5.41, 5.74) is 7.71. The van der Waals surface area contributed by atoms with Crippen LogP contribution in [0.5, 0.6) is 0 Å². The van der Waals surface area contributed by atoms with Gasteiger partial charge in [-0.1, -0.05) is 23.7 Å². The molecule has 0 bridgehead atoms. The van der Waals surface area contributed by atoms with Crippen molar-refractivity contribution >= 4 is 38.4 Å². The zero-order valence-electron chi connectivity index (χ0n) is 7.72. The van der Waals surface area contributed by atoms with Crippen LogP contribution in [-0.4, -0.2) is 4.57 Å². The second-order valence-electron chi connectivity index (χ2n) is 3.16. The highest BCUT2D eigenvalue weighted by Crippen LogP contribution is 2.33. The van der Waals surface area contributed by atoms with E-state index >= 15 is 0 Å². The number of aryl methyl sites for hydroxylation is 1. The molecule has 0 unspecified atom stereocenters. The van der Waals surface area contributed by atoms with E-state index in [0.29, 0.717) is 6.54 Å². The summed E-state index contributed by atoms with van der Waals surface area (Å²) in [5, 5.41) is 1.80. The molecule has 0 aliphatic carbocycles. The number of aromatic nitrogens is 1. The lowest BCUT2D eigenvalue weighted by Gasteiger charge is -2.01. The minimum atomic E-state index is 0.455. The predicted octanol–water partition coefficient (Wildman–Crippen LogP) is 3.05. The minimum Gasteiger partial charge on any atom is -0.344 e. The fourth-order valence-electron chi connectivity index (χ4n) is 1.70. The van der Waals surface area contributed by atoms with Crippen LogP contribution in [0.3, 0.4) is 0 Å². The highest BCUT2D eigenvalue weighted by molar-refractivity contribution is 9.10. The van der Waals surface area contributed by atoms with Crippen LogP contribution in [0.1, 0.15) is 5.69 Å². The van der Waals surface area contributed by atoms with Gasteiger partial charge in [0.15, 0.2) is 0 Å². The van der Waals surface area contributed by atoms with E-state index in [0.717, 1.165) is 26.1 Å². The van der Waals surface area contributed by atoms with E-state index in [-0.39, 0.29) is 0 Å². The van der Waals surface area contributed by atoms with Gasteiger partial charge < -0.3 is 10.3 Å². The Kier molecular flexibility index (Phi) is 2.56. The van der Waals surface area contributed by atoms with Crippen LogP contribution in [0.15, 0.2) is 22.7 Å². The van der Waals surface area contributed by atoms with Crippen molar-refractivity contribution < 1.29 is 0 Å². The first-order valence-electron chi connectivity index (χ1n) is 4.28. The number of fused-ring (bicyclic) bond motifs is 1. The minimum absolute atomic E-state index is 0.455. The van der Waals surface area contributed by atoms with E-state index in [9.17, 15) is 0 Å². The van der Waals surface area contributed by atoms with Gasteiger partial charge in [0.1, 0.15) is 0 Å². The number of para-hydroxylation sites is 1. The molecule has 0 saturated heterocycles. The van der Waals surface area contributed by atoms with Crippen LogP contribution >= 0.6 is 27.5 Å². The number of hydrogen-bond donors (Lipinski definition) is 1. The highest BCUT2D eigenvalue weighted by atomic mass is 79.9. The van der Waals surface area contributed by atoms with Crippen molar-refractivity contribution in [3.63, 3.8) is 0 Å². The molecule has 0 saturated carbocycles. The van der Waals surface area contributed by atoms with Crippen molar-refractivity contribution in [2.45, 2.75) is 6.54 Å². The van der Waals surface area contributed by atoms with Crippen LogP contribution in [0.2, 0.25) is 5.02 Å². The predicted molar refractivity (Wildman–Crippen MR) is 63.5 cm³/mol. The van der Waals surface area contributed by atoms with E-state index < -0.39 is 0 Å². The Balaban J connectivity index is 2.94. The van der Waals surface area contributed by atoms with Crippen molar-refractivity contribution in [2.75, 3.05) is 0 Å². The maximum atomic E-state index is 6.21. The molecule has 0 aliphatic heterocycles. The maximum Gasteiger partial charge on any atom is 0.0707 e. The zero-order chi connectivity index (χ0) is 10.3. The fraction of sp³-hybridized carbons (Fsp3) is 0.200. The fourth-order valence-corrected chi connectivity index (χ4v) is 2.69. The SMILES string of the molecule is Cn1c(CN)c(Cl)c2cccc(Br)c21. The topological polar surface area (TPSA) is 30.9 Å². The van der Waals surface area contributed by atoms with Crippen molar-refractivity contribution in [2.24, 2.45) is 12.8 Å². The van der Waals surface area contributed by atoms with Gasteiger partial charge in [0.2, 0.25) is 0 Å². The van der Waals surface area contributed by atoms with Crippen molar-refractivity contribution in [1.29, 1.82) is 0 Å². The molecule has 0 radical (unpaired) electrons. The van der Waals surface area contributed by atoms with E-state index in [2.05, 4.69) is 15.9 Å². The Morgan fingerprint density at radius 3 is 2.79 bits per heavy atom. The first-order valence-corrected chi connectivity index (χ1v) is 5.45. The van der Waals surface area contributed by atoms with Crippen LogP contribution in [0.4, 0.5) is 0 Å². The summed E-state index contributed by atoms with van der Waals surface area (Å²) in [6.45, 7) is 0.455. The van der Waals surface area contributed by atoms with Crippen LogP contribution in [-0.2, 0) is 13.6 Å². The summed E-state index contributed by atoms with van der Waals surface area (Å²) >= 11 is 9.72. The molecule has 4 heteroatoms. The molecular formula is C10H10BrClN2. The second-order valence-corrected chi connectivity index (χ2v) is 4.39. The number of hydrogen-bond acceptors (Lipinski definition) is 1. The molecule has 2 nitrogen and oxygen atoms in total. The molecule has 2 aromatic rings. The average Bonchev–Trinajstić information content (AvgIpc) is 2.41. The number of rotatable bonds is 1. The summed E-state index contributed by atoms with van der Waals surface area (Å²) in [4.78, 5) is 0. The maximum absolute atomic E-state index is 6.21. The summed E-state index contributed by atoms with van der Waals surface area (Å²) < 4.78 is 3.07.